The number of nitrogens with zero attached hydrogens (tertiary/aromatic N) is 4. The maximum Gasteiger partial charge on any atom is 0.191 e. The number of hydrogen-bond donors (Lipinski definition) is 2. The fraction of sp³-hybridized carbons (Fsp3) is 0.769. The van der Waals surface area contributed by atoms with Gasteiger partial charge in [0.15, 0.2) is 11.8 Å². The molecule has 0 unspecified atom stereocenters. The molecule has 1 aliphatic heterocycles. The van der Waals surface area contributed by atoms with Crippen LogP contribution >= 0.6 is 24.0 Å². The molecule has 2 heterocycles. The van der Waals surface area contributed by atoms with E-state index in [1.807, 2.05) is 6.92 Å². The quantitative estimate of drug-likeness (QED) is 0.304. The van der Waals surface area contributed by atoms with Crippen molar-refractivity contribution in [2.24, 2.45) is 4.99 Å². The Labute approximate surface area is 143 Å². The van der Waals surface area contributed by atoms with E-state index in [4.69, 9.17) is 4.74 Å². The second-order valence-corrected chi connectivity index (χ2v) is 4.69. The molecule has 0 amide bonds. The van der Waals surface area contributed by atoms with Gasteiger partial charge < -0.3 is 19.9 Å². The van der Waals surface area contributed by atoms with Crippen LogP contribution in [0.2, 0.25) is 0 Å². The maximum atomic E-state index is 5.30. The largest absolute Gasteiger partial charge is 0.382 e. The Bertz CT molecular complexity index is 448. The molecule has 0 saturated heterocycles. The van der Waals surface area contributed by atoms with Crippen LogP contribution in [0.15, 0.2) is 4.99 Å². The van der Waals surface area contributed by atoms with Crippen LogP contribution in [0.3, 0.4) is 0 Å². The normalized spacial score (nSPS) is 13.7. The van der Waals surface area contributed by atoms with Crippen molar-refractivity contribution in [3.63, 3.8) is 0 Å². The van der Waals surface area contributed by atoms with Crippen molar-refractivity contribution in [3.05, 3.63) is 11.6 Å². The summed E-state index contributed by atoms with van der Waals surface area (Å²) in [4.78, 5) is 4.19. The van der Waals surface area contributed by atoms with Crippen molar-refractivity contribution in [3.8, 4) is 0 Å². The Balaban J connectivity index is 0.00000220. The number of aliphatic imine (C=N–C) groups is 1. The molecule has 21 heavy (non-hydrogen) atoms. The first-order chi connectivity index (χ1) is 9.85. The topological polar surface area (TPSA) is 76.4 Å². The van der Waals surface area contributed by atoms with E-state index in [-0.39, 0.29) is 24.0 Å². The number of aromatic nitrogens is 3. The van der Waals surface area contributed by atoms with Crippen LogP contribution in [-0.2, 0) is 24.2 Å². The number of halogens is 1. The fourth-order valence-electron chi connectivity index (χ4n) is 2.25. The minimum atomic E-state index is 0. The average Bonchev–Trinajstić information content (AvgIpc) is 3.06. The van der Waals surface area contributed by atoms with Gasteiger partial charge in [0.2, 0.25) is 0 Å². The summed E-state index contributed by atoms with van der Waals surface area (Å²) >= 11 is 0. The Morgan fingerprint density at radius 1 is 1.38 bits per heavy atom. The lowest BCUT2D eigenvalue weighted by Gasteiger charge is -2.11. The van der Waals surface area contributed by atoms with E-state index in [2.05, 4.69) is 30.4 Å². The van der Waals surface area contributed by atoms with Gasteiger partial charge in [0.05, 0.1) is 6.54 Å². The van der Waals surface area contributed by atoms with Gasteiger partial charge >= 0.3 is 0 Å². The van der Waals surface area contributed by atoms with Crippen LogP contribution in [0.4, 0.5) is 0 Å². The average molecular weight is 408 g/mol. The SMILES string of the molecule is CCOCCCNC(=NC)NCc1nnc2n1CCC2.I. The Hall–Kier alpha value is -0.900. The van der Waals surface area contributed by atoms with Crippen molar-refractivity contribution in [1.82, 2.24) is 25.4 Å². The molecule has 0 radical (unpaired) electrons. The number of fused-ring (bicyclic) bond motifs is 1. The molecule has 8 heteroatoms. The first-order valence-electron chi connectivity index (χ1n) is 7.28. The molecule has 7 nitrogen and oxygen atoms in total. The first kappa shape index (κ1) is 18.1. The summed E-state index contributed by atoms with van der Waals surface area (Å²) in [6, 6.07) is 0. The third kappa shape index (κ3) is 5.42. The molecular formula is C13H25IN6O. The molecule has 0 saturated carbocycles. The van der Waals surface area contributed by atoms with Crippen molar-refractivity contribution >= 4 is 29.9 Å². The lowest BCUT2D eigenvalue weighted by molar-refractivity contribution is 0.145. The van der Waals surface area contributed by atoms with Gasteiger partial charge in [0.1, 0.15) is 5.82 Å². The Morgan fingerprint density at radius 3 is 3.00 bits per heavy atom. The van der Waals surface area contributed by atoms with E-state index in [1.54, 1.807) is 7.05 Å². The summed E-state index contributed by atoms with van der Waals surface area (Å²) in [5.41, 5.74) is 0. The van der Waals surface area contributed by atoms with Crippen molar-refractivity contribution in [2.75, 3.05) is 26.8 Å². The fourth-order valence-corrected chi connectivity index (χ4v) is 2.25. The smallest absolute Gasteiger partial charge is 0.191 e. The first-order valence-corrected chi connectivity index (χ1v) is 7.28. The van der Waals surface area contributed by atoms with Gasteiger partial charge in [0.25, 0.3) is 0 Å². The molecule has 0 aromatic carbocycles. The van der Waals surface area contributed by atoms with Gasteiger partial charge in [-0.15, -0.1) is 34.2 Å². The lowest BCUT2D eigenvalue weighted by Crippen LogP contribution is -2.38. The molecule has 2 N–H and O–H groups in total. The Morgan fingerprint density at radius 2 is 2.24 bits per heavy atom. The highest BCUT2D eigenvalue weighted by Crippen LogP contribution is 2.13. The summed E-state index contributed by atoms with van der Waals surface area (Å²) in [6.07, 6.45) is 3.18. The van der Waals surface area contributed by atoms with Crippen LogP contribution in [0.5, 0.6) is 0 Å². The molecule has 2 rings (SSSR count). The molecule has 0 atom stereocenters. The predicted octanol–water partition coefficient (Wildman–Crippen LogP) is 0.934. The number of guanidine groups is 1. The van der Waals surface area contributed by atoms with Crippen LogP contribution in [0.1, 0.15) is 31.4 Å². The zero-order valence-electron chi connectivity index (χ0n) is 12.8. The monoisotopic (exact) mass is 408 g/mol. The minimum absolute atomic E-state index is 0. The van der Waals surface area contributed by atoms with Gasteiger partial charge in [-0.1, -0.05) is 0 Å². The number of rotatable bonds is 7. The van der Waals surface area contributed by atoms with Gasteiger partial charge in [-0.2, -0.15) is 0 Å². The van der Waals surface area contributed by atoms with Gasteiger partial charge in [-0.25, -0.2) is 0 Å². The number of ether oxygens (including phenoxy) is 1. The zero-order valence-corrected chi connectivity index (χ0v) is 15.1. The molecule has 1 aromatic rings. The second-order valence-electron chi connectivity index (χ2n) is 4.69. The molecule has 120 valence electrons. The van der Waals surface area contributed by atoms with E-state index in [0.29, 0.717) is 6.54 Å². The second kappa shape index (κ2) is 9.93. The van der Waals surface area contributed by atoms with E-state index < -0.39 is 0 Å². The van der Waals surface area contributed by atoms with Gasteiger partial charge in [0, 0.05) is 39.8 Å². The summed E-state index contributed by atoms with van der Waals surface area (Å²) in [5.74, 6) is 2.87. The van der Waals surface area contributed by atoms with Crippen LogP contribution in [-0.4, -0.2) is 47.5 Å². The molecule has 0 spiro atoms. The zero-order chi connectivity index (χ0) is 14.2. The number of aryl methyl sites for hydroxylation is 1. The third-order valence-corrected chi connectivity index (χ3v) is 3.29. The van der Waals surface area contributed by atoms with Crippen molar-refractivity contribution in [2.45, 2.75) is 39.3 Å². The summed E-state index contributed by atoms with van der Waals surface area (Å²) in [7, 11) is 1.77. The third-order valence-electron chi connectivity index (χ3n) is 3.29. The summed E-state index contributed by atoms with van der Waals surface area (Å²) < 4.78 is 7.49. The van der Waals surface area contributed by atoms with Gasteiger partial charge in [-0.05, 0) is 19.8 Å². The van der Waals surface area contributed by atoms with Crippen LogP contribution in [0, 0.1) is 0 Å². The molecule has 1 aliphatic rings. The van der Waals surface area contributed by atoms with Crippen LogP contribution < -0.4 is 10.6 Å². The number of nitrogens with one attached hydrogen (secondary N) is 2. The molecule has 0 bridgehead atoms. The molecular weight excluding hydrogens is 383 g/mol. The van der Waals surface area contributed by atoms with Gasteiger partial charge in [-0.3, -0.25) is 4.99 Å². The van der Waals surface area contributed by atoms with Crippen LogP contribution in [0.25, 0.3) is 0 Å². The van der Waals surface area contributed by atoms with E-state index in [9.17, 15) is 0 Å². The predicted molar refractivity (Wildman–Crippen MR) is 93.1 cm³/mol. The Kier molecular flexibility index (Phi) is 8.58. The van der Waals surface area contributed by atoms with E-state index in [0.717, 1.165) is 56.8 Å². The highest BCUT2D eigenvalue weighted by Gasteiger charge is 2.16. The standard InChI is InChI=1S/C13H24N6O.HI/c1-3-20-9-5-7-15-13(14-2)16-10-12-18-17-11-6-4-8-19(11)12;/h3-10H2,1-2H3,(H2,14,15,16);1H. The summed E-state index contributed by atoms with van der Waals surface area (Å²) in [6.45, 7) is 6.07. The van der Waals surface area contributed by atoms with Crippen molar-refractivity contribution < 1.29 is 4.74 Å². The molecule has 0 aliphatic carbocycles. The maximum absolute atomic E-state index is 5.30. The molecule has 0 fully saturated rings. The van der Waals surface area contributed by atoms with E-state index in [1.165, 1.54) is 6.42 Å². The molecule has 1 aromatic heterocycles. The van der Waals surface area contributed by atoms with E-state index >= 15 is 0 Å². The lowest BCUT2D eigenvalue weighted by atomic mass is 10.4. The summed E-state index contributed by atoms with van der Waals surface area (Å²) in [5, 5.41) is 14.9. The highest BCUT2D eigenvalue weighted by atomic mass is 127. The number of hydrogen-bond acceptors (Lipinski definition) is 4. The highest BCUT2D eigenvalue weighted by molar-refractivity contribution is 14.0. The van der Waals surface area contributed by atoms with Crippen molar-refractivity contribution in [1.29, 1.82) is 0 Å². The minimum Gasteiger partial charge on any atom is -0.382 e.